The minimum Gasteiger partial charge on any atom is -0.496 e. The van der Waals surface area contributed by atoms with E-state index in [1.807, 2.05) is 0 Å². The van der Waals surface area contributed by atoms with Crippen LogP contribution in [0.1, 0.15) is 22.8 Å². The van der Waals surface area contributed by atoms with Crippen LogP contribution in [0.4, 0.5) is 24.5 Å². The highest BCUT2D eigenvalue weighted by molar-refractivity contribution is 5.67. The van der Waals surface area contributed by atoms with Gasteiger partial charge in [-0.2, -0.15) is 13.2 Å². The Morgan fingerprint density at radius 1 is 1.18 bits per heavy atom. The molecule has 0 amide bonds. The Morgan fingerprint density at radius 2 is 1.82 bits per heavy atom. The minimum atomic E-state index is -4.70. The number of anilines is 1. The van der Waals surface area contributed by atoms with Crippen molar-refractivity contribution in [3.8, 4) is 11.5 Å². The fourth-order valence-electron chi connectivity index (χ4n) is 3.37. The van der Waals surface area contributed by atoms with Gasteiger partial charge in [-0.25, -0.2) is 0 Å². The first-order valence-corrected chi connectivity index (χ1v) is 8.19. The van der Waals surface area contributed by atoms with Crippen LogP contribution in [-0.4, -0.2) is 30.8 Å². The summed E-state index contributed by atoms with van der Waals surface area (Å²) < 4.78 is 49.4. The maximum atomic E-state index is 12.9. The number of methoxy groups -OCH3 is 2. The van der Waals surface area contributed by atoms with Crippen LogP contribution < -0.4 is 14.4 Å². The summed E-state index contributed by atoms with van der Waals surface area (Å²) in [5, 5.41) is 22.0. The van der Waals surface area contributed by atoms with E-state index in [1.54, 1.807) is 12.1 Å². The molecular weight excluding hydrogens is 381 g/mol. The van der Waals surface area contributed by atoms with Crippen molar-refractivity contribution < 1.29 is 32.7 Å². The number of benzene rings is 2. The van der Waals surface area contributed by atoms with Gasteiger partial charge in [-0.05, 0) is 24.3 Å². The fourth-order valence-corrected chi connectivity index (χ4v) is 3.37. The molecule has 1 aliphatic rings. The second-order valence-electron chi connectivity index (χ2n) is 6.22. The monoisotopic (exact) mass is 398 g/mol. The molecule has 2 aromatic carbocycles. The summed E-state index contributed by atoms with van der Waals surface area (Å²) in [6.45, 7) is 0.0434. The predicted molar refractivity (Wildman–Crippen MR) is 93.7 cm³/mol. The SMILES string of the molecule is COc1ccc(OC)c2c1CN(c1ccc(C(F)(F)F)cc1[N+](=O)[O-])C[C@H]2O. The van der Waals surface area contributed by atoms with Gasteiger partial charge in [0.2, 0.25) is 0 Å². The lowest BCUT2D eigenvalue weighted by molar-refractivity contribution is -0.384. The van der Waals surface area contributed by atoms with Crippen LogP contribution >= 0.6 is 0 Å². The quantitative estimate of drug-likeness (QED) is 0.625. The molecule has 0 aromatic heterocycles. The molecule has 7 nitrogen and oxygen atoms in total. The van der Waals surface area contributed by atoms with Crippen molar-refractivity contribution in [2.75, 3.05) is 25.7 Å². The molecule has 0 unspecified atom stereocenters. The van der Waals surface area contributed by atoms with Crippen LogP contribution in [0, 0.1) is 10.1 Å². The smallest absolute Gasteiger partial charge is 0.416 e. The number of nitro groups is 1. The van der Waals surface area contributed by atoms with Crippen LogP contribution in [-0.2, 0) is 12.7 Å². The van der Waals surface area contributed by atoms with Gasteiger partial charge in [-0.3, -0.25) is 10.1 Å². The molecule has 0 saturated carbocycles. The van der Waals surface area contributed by atoms with E-state index in [2.05, 4.69) is 0 Å². The lowest BCUT2D eigenvalue weighted by Gasteiger charge is -2.35. The Labute approximate surface area is 158 Å². The van der Waals surface area contributed by atoms with Gasteiger partial charge in [0.25, 0.3) is 5.69 Å². The average molecular weight is 398 g/mol. The third kappa shape index (κ3) is 3.42. The number of nitro benzene ring substituents is 1. The van der Waals surface area contributed by atoms with E-state index >= 15 is 0 Å². The van der Waals surface area contributed by atoms with Crippen molar-refractivity contribution in [1.29, 1.82) is 0 Å². The number of β-amino-alcohol motifs (C(OH)–C–C–N with tert-alkyl or cyclic N) is 1. The summed E-state index contributed by atoms with van der Waals surface area (Å²) in [5.74, 6) is 0.874. The van der Waals surface area contributed by atoms with Gasteiger partial charge < -0.3 is 19.5 Å². The molecule has 0 spiro atoms. The second kappa shape index (κ2) is 7.19. The summed E-state index contributed by atoms with van der Waals surface area (Å²) in [6.07, 6.45) is -5.77. The highest BCUT2D eigenvalue weighted by atomic mass is 19.4. The van der Waals surface area contributed by atoms with Crippen LogP contribution in [0.15, 0.2) is 30.3 Å². The Kier molecular flexibility index (Phi) is 5.07. The van der Waals surface area contributed by atoms with Crippen LogP contribution in [0.3, 0.4) is 0 Å². The largest absolute Gasteiger partial charge is 0.496 e. The Bertz CT molecular complexity index is 917. The standard InChI is InChI=1S/C18H17F3N2O5/c1-27-15-5-6-16(28-2)17-11(15)8-22(9-14(17)24)12-4-3-10(18(19,20)21)7-13(12)23(25)26/h3-7,14,24H,8-9H2,1-2H3/t14-/m1/s1. The number of hydrogen-bond donors (Lipinski definition) is 1. The van der Waals surface area contributed by atoms with Crippen LogP contribution in [0.2, 0.25) is 0 Å². The Balaban J connectivity index is 2.09. The molecule has 28 heavy (non-hydrogen) atoms. The van der Waals surface area contributed by atoms with Gasteiger partial charge in [-0.15, -0.1) is 0 Å². The zero-order valence-corrected chi connectivity index (χ0v) is 15.0. The highest BCUT2D eigenvalue weighted by Crippen LogP contribution is 2.43. The summed E-state index contributed by atoms with van der Waals surface area (Å²) in [5.41, 5.74) is -0.775. The molecular formula is C18H17F3N2O5. The first kappa shape index (κ1) is 19.7. The fraction of sp³-hybridized carbons (Fsp3) is 0.333. The summed E-state index contributed by atoms with van der Waals surface area (Å²) in [6, 6.07) is 5.60. The number of hydrogen-bond acceptors (Lipinski definition) is 6. The minimum absolute atomic E-state index is 0.0208. The maximum absolute atomic E-state index is 12.9. The summed E-state index contributed by atoms with van der Waals surface area (Å²) >= 11 is 0. The van der Waals surface area contributed by atoms with Gasteiger partial charge in [0, 0.05) is 30.3 Å². The second-order valence-corrected chi connectivity index (χ2v) is 6.22. The molecule has 0 fully saturated rings. The summed E-state index contributed by atoms with van der Waals surface area (Å²) in [7, 11) is 2.88. The van der Waals surface area contributed by atoms with Crippen LogP contribution in [0.5, 0.6) is 11.5 Å². The highest BCUT2D eigenvalue weighted by Gasteiger charge is 2.36. The van der Waals surface area contributed by atoms with Gasteiger partial charge in [0.15, 0.2) is 0 Å². The lowest BCUT2D eigenvalue weighted by Crippen LogP contribution is -2.34. The van der Waals surface area contributed by atoms with Gasteiger partial charge in [-0.1, -0.05) is 0 Å². The lowest BCUT2D eigenvalue weighted by atomic mass is 9.94. The van der Waals surface area contributed by atoms with E-state index in [1.165, 1.54) is 19.1 Å². The third-order valence-corrected chi connectivity index (χ3v) is 4.63. The molecule has 1 atom stereocenters. The van der Waals surface area contributed by atoms with Crippen molar-refractivity contribution >= 4 is 11.4 Å². The van der Waals surface area contributed by atoms with Crippen molar-refractivity contribution in [3.63, 3.8) is 0 Å². The molecule has 150 valence electrons. The molecule has 0 aliphatic carbocycles. The molecule has 0 saturated heterocycles. The molecule has 0 radical (unpaired) electrons. The third-order valence-electron chi connectivity index (χ3n) is 4.63. The number of fused-ring (bicyclic) bond motifs is 1. The van der Waals surface area contributed by atoms with E-state index in [9.17, 15) is 28.4 Å². The normalized spacial score (nSPS) is 16.5. The molecule has 1 aliphatic heterocycles. The predicted octanol–water partition coefficient (Wildman–Crippen LogP) is 3.68. The van der Waals surface area contributed by atoms with E-state index in [0.29, 0.717) is 28.7 Å². The number of aliphatic hydroxyl groups excluding tert-OH is 1. The number of rotatable bonds is 4. The zero-order chi connectivity index (χ0) is 20.6. The number of halogens is 3. The Morgan fingerprint density at radius 3 is 2.39 bits per heavy atom. The Hall–Kier alpha value is -3.01. The van der Waals surface area contributed by atoms with E-state index < -0.39 is 28.5 Å². The first-order valence-electron chi connectivity index (χ1n) is 8.19. The van der Waals surface area contributed by atoms with Crippen molar-refractivity contribution in [1.82, 2.24) is 0 Å². The number of nitrogens with zero attached hydrogens (tertiary/aromatic N) is 2. The van der Waals surface area contributed by atoms with Crippen molar-refractivity contribution in [3.05, 3.63) is 57.1 Å². The first-order chi connectivity index (χ1) is 13.2. The van der Waals surface area contributed by atoms with E-state index in [0.717, 1.165) is 12.1 Å². The van der Waals surface area contributed by atoms with Gasteiger partial charge in [0.05, 0.1) is 24.7 Å². The molecule has 1 N–H and O–H groups in total. The molecule has 3 rings (SSSR count). The maximum Gasteiger partial charge on any atom is 0.416 e. The summed E-state index contributed by atoms with van der Waals surface area (Å²) in [4.78, 5) is 12.0. The van der Waals surface area contributed by atoms with Gasteiger partial charge >= 0.3 is 6.18 Å². The number of aliphatic hydroxyl groups is 1. The molecule has 10 heteroatoms. The van der Waals surface area contributed by atoms with E-state index in [-0.39, 0.29) is 18.8 Å². The van der Waals surface area contributed by atoms with Crippen molar-refractivity contribution in [2.24, 2.45) is 0 Å². The zero-order valence-electron chi connectivity index (χ0n) is 15.0. The molecule has 0 bridgehead atoms. The number of alkyl halides is 3. The van der Waals surface area contributed by atoms with E-state index in [4.69, 9.17) is 9.47 Å². The van der Waals surface area contributed by atoms with Crippen LogP contribution in [0.25, 0.3) is 0 Å². The van der Waals surface area contributed by atoms with Crippen molar-refractivity contribution in [2.45, 2.75) is 18.8 Å². The average Bonchev–Trinajstić information content (AvgIpc) is 2.65. The number of ether oxygens (including phenoxy) is 2. The molecule has 1 heterocycles. The topological polar surface area (TPSA) is 85.1 Å². The van der Waals surface area contributed by atoms with Gasteiger partial charge in [0.1, 0.15) is 23.3 Å². The molecule has 2 aromatic rings.